The van der Waals surface area contributed by atoms with Crippen LogP contribution in [-0.4, -0.2) is 0 Å². The molecule has 1 rings (SSSR count). The molecule has 2 N–H and O–H groups in total. The van der Waals surface area contributed by atoms with E-state index in [4.69, 9.17) is 5.90 Å². The number of rotatable bonds is 2. The predicted octanol–water partition coefficient (Wildman–Crippen LogP) is 2.09. The Morgan fingerprint density at radius 2 is 1.92 bits per heavy atom. The van der Waals surface area contributed by atoms with Gasteiger partial charge in [-0.15, -0.1) is 0 Å². The average Bonchev–Trinajstić information content (AvgIpc) is 2.09. The molecule has 0 heterocycles. The summed E-state index contributed by atoms with van der Waals surface area (Å²) in [5.41, 5.74) is -0.915. The maximum Gasteiger partial charge on any atom is 0.129 e. The van der Waals surface area contributed by atoms with Crippen molar-refractivity contribution >= 4 is 0 Å². The van der Waals surface area contributed by atoms with Gasteiger partial charge in [0.2, 0.25) is 0 Å². The fraction of sp³-hybridized carbons (Fsp3) is 0.333. The van der Waals surface area contributed by atoms with Crippen molar-refractivity contribution in [3.8, 4) is 0 Å². The van der Waals surface area contributed by atoms with Crippen molar-refractivity contribution in [1.82, 2.24) is 0 Å². The van der Waals surface area contributed by atoms with Crippen molar-refractivity contribution in [2.24, 2.45) is 5.90 Å². The highest BCUT2D eigenvalue weighted by atomic mass is 19.1. The first-order chi connectivity index (χ1) is 5.97. The lowest BCUT2D eigenvalue weighted by molar-refractivity contribution is -0.0262. The molecule has 0 atom stereocenters. The summed E-state index contributed by atoms with van der Waals surface area (Å²) < 4.78 is 25.9. The molecule has 0 fully saturated rings. The third-order valence-electron chi connectivity index (χ3n) is 1.87. The maximum absolute atomic E-state index is 13.2. The zero-order valence-electron chi connectivity index (χ0n) is 7.47. The third-order valence-corrected chi connectivity index (χ3v) is 1.87. The number of benzene rings is 1. The number of nitrogens with two attached hydrogens (primary N) is 1. The van der Waals surface area contributed by atoms with E-state index < -0.39 is 17.2 Å². The first-order valence-corrected chi connectivity index (χ1v) is 3.81. The Bertz CT molecular complexity index is 312. The van der Waals surface area contributed by atoms with Gasteiger partial charge in [-0.05, 0) is 32.0 Å². The summed E-state index contributed by atoms with van der Waals surface area (Å²) in [4.78, 5) is 4.55. The van der Waals surface area contributed by atoms with Gasteiger partial charge in [0.1, 0.15) is 17.2 Å². The first-order valence-electron chi connectivity index (χ1n) is 3.81. The van der Waals surface area contributed by atoms with Crippen LogP contribution >= 0.6 is 0 Å². The molecule has 0 aliphatic heterocycles. The van der Waals surface area contributed by atoms with E-state index in [2.05, 4.69) is 4.84 Å². The topological polar surface area (TPSA) is 35.2 Å². The quantitative estimate of drug-likeness (QED) is 0.719. The largest absolute Gasteiger partial charge is 0.294 e. The van der Waals surface area contributed by atoms with Crippen LogP contribution in [0, 0.1) is 11.6 Å². The highest BCUT2D eigenvalue weighted by molar-refractivity contribution is 5.24. The Kier molecular flexibility index (Phi) is 2.63. The van der Waals surface area contributed by atoms with Crippen LogP contribution in [0.2, 0.25) is 0 Å². The Labute approximate surface area is 75.3 Å². The molecule has 0 amide bonds. The van der Waals surface area contributed by atoms with E-state index in [0.29, 0.717) is 0 Å². The van der Waals surface area contributed by atoms with Gasteiger partial charge in [0, 0.05) is 5.56 Å². The summed E-state index contributed by atoms with van der Waals surface area (Å²) in [6.45, 7) is 3.12. The average molecular weight is 187 g/mol. The summed E-state index contributed by atoms with van der Waals surface area (Å²) in [7, 11) is 0. The van der Waals surface area contributed by atoms with Crippen molar-refractivity contribution in [1.29, 1.82) is 0 Å². The van der Waals surface area contributed by atoms with E-state index in [1.807, 2.05) is 0 Å². The van der Waals surface area contributed by atoms with Crippen molar-refractivity contribution < 1.29 is 13.6 Å². The zero-order valence-corrected chi connectivity index (χ0v) is 7.47. The molecule has 0 spiro atoms. The summed E-state index contributed by atoms with van der Waals surface area (Å²) >= 11 is 0. The molecule has 1 aromatic carbocycles. The second kappa shape index (κ2) is 3.40. The molecule has 0 saturated carbocycles. The predicted molar refractivity (Wildman–Crippen MR) is 44.7 cm³/mol. The van der Waals surface area contributed by atoms with Gasteiger partial charge in [0.15, 0.2) is 0 Å². The van der Waals surface area contributed by atoms with Gasteiger partial charge < -0.3 is 0 Å². The third kappa shape index (κ3) is 2.02. The van der Waals surface area contributed by atoms with E-state index in [1.165, 1.54) is 0 Å². The lowest BCUT2D eigenvalue weighted by atomic mass is 9.98. The monoisotopic (exact) mass is 187 g/mol. The van der Waals surface area contributed by atoms with Crippen molar-refractivity contribution in [2.45, 2.75) is 19.4 Å². The van der Waals surface area contributed by atoms with Crippen LogP contribution in [0.25, 0.3) is 0 Å². The second-order valence-electron chi connectivity index (χ2n) is 3.25. The van der Waals surface area contributed by atoms with Crippen molar-refractivity contribution in [3.05, 3.63) is 35.4 Å². The van der Waals surface area contributed by atoms with Crippen LogP contribution in [-0.2, 0) is 10.4 Å². The molecule has 2 nitrogen and oxygen atoms in total. The Morgan fingerprint density at radius 1 is 1.31 bits per heavy atom. The van der Waals surface area contributed by atoms with Crippen LogP contribution in [0.1, 0.15) is 19.4 Å². The SMILES string of the molecule is CC(C)(ON)c1cc(F)ccc1F. The normalized spacial score (nSPS) is 11.8. The highest BCUT2D eigenvalue weighted by Gasteiger charge is 2.24. The molecule has 0 aliphatic carbocycles. The molecule has 0 radical (unpaired) electrons. The second-order valence-corrected chi connectivity index (χ2v) is 3.25. The molecule has 72 valence electrons. The van der Waals surface area contributed by atoms with Gasteiger partial charge in [-0.25, -0.2) is 14.7 Å². The van der Waals surface area contributed by atoms with Gasteiger partial charge in [-0.3, -0.25) is 4.84 Å². The van der Waals surface area contributed by atoms with E-state index in [0.717, 1.165) is 18.2 Å². The molecule has 1 aromatic rings. The minimum Gasteiger partial charge on any atom is -0.294 e. The molecular weight excluding hydrogens is 176 g/mol. The van der Waals surface area contributed by atoms with Crippen LogP contribution in [0.15, 0.2) is 18.2 Å². The summed E-state index contributed by atoms with van der Waals surface area (Å²) in [5, 5.41) is 0. The lowest BCUT2D eigenvalue weighted by Gasteiger charge is -2.22. The minimum absolute atomic E-state index is 0.106. The smallest absolute Gasteiger partial charge is 0.129 e. The van der Waals surface area contributed by atoms with Gasteiger partial charge in [0.05, 0.1) is 0 Å². The fourth-order valence-corrected chi connectivity index (χ4v) is 1.02. The van der Waals surface area contributed by atoms with Gasteiger partial charge in [0.25, 0.3) is 0 Å². The molecule has 0 unspecified atom stereocenters. The molecule has 0 aliphatic rings. The van der Waals surface area contributed by atoms with Crippen LogP contribution in [0.3, 0.4) is 0 Å². The van der Waals surface area contributed by atoms with Gasteiger partial charge >= 0.3 is 0 Å². The van der Waals surface area contributed by atoms with Crippen molar-refractivity contribution in [3.63, 3.8) is 0 Å². The first kappa shape index (κ1) is 10.1. The lowest BCUT2D eigenvalue weighted by Crippen LogP contribution is -2.26. The van der Waals surface area contributed by atoms with Crippen LogP contribution in [0.4, 0.5) is 8.78 Å². The van der Waals surface area contributed by atoms with Gasteiger partial charge in [-0.2, -0.15) is 0 Å². The summed E-state index contributed by atoms with van der Waals surface area (Å²) in [5.74, 6) is 3.92. The van der Waals surface area contributed by atoms with Crippen molar-refractivity contribution in [2.75, 3.05) is 0 Å². The van der Waals surface area contributed by atoms with Crippen LogP contribution < -0.4 is 5.90 Å². The van der Waals surface area contributed by atoms with E-state index in [1.54, 1.807) is 13.8 Å². The van der Waals surface area contributed by atoms with E-state index in [-0.39, 0.29) is 5.56 Å². The fourth-order valence-electron chi connectivity index (χ4n) is 1.02. The molecule has 4 heteroatoms. The molecule has 0 saturated heterocycles. The Hall–Kier alpha value is -1.00. The highest BCUT2D eigenvalue weighted by Crippen LogP contribution is 2.25. The zero-order chi connectivity index (χ0) is 10.1. The summed E-state index contributed by atoms with van der Waals surface area (Å²) in [6, 6.07) is 3.17. The maximum atomic E-state index is 13.2. The number of hydrogen-bond donors (Lipinski definition) is 1. The number of hydrogen-bond acceptors (Lipinski definition) is 2. The molecular formula is C9H11F2NO. The Morgan fingerprint density at radius 3 is 2.46 bits per heavy atom. The molecule has 0 bridgehead atoms. The van der Waals surface area contributed by atoms with E-state index >= 15 is 0 Å². The van der Waals surface area contributed by atoms with Gasteiger partial charge in [-0.1, -0.05) is 0 Å². The van der Waals surface area contributed by atoms with E-state index in [9.17, 15) is 8.78 Å². The molecule has 0 aromatic heterocycles. The van der Waals surface area contributed by atoms with Crippen LogP contribution in [0.5, 0.6) is 0 Å². The standard InChI is InChI=1S/C9H11F2NO/c1-9(2,13-12)7-5-6(10)3-4-8(7)11/h3-5H,12H2,1-2H3. The minimum atomic E-state index is -1.02. The molecule has 13 heavy (non-hydrogen) atoms. The number of halogens is 2. The Balaban J connectivity index is 3.20. The summed E-state index contributed by atoms with van der Waals surface area (Å²) in [6.07, 6.45) is 0.